The van der Waals surface area contributed by atoms with Crippen molar-refractivity contribution in [1.29, 1.82) is 0 Å². The number of carbonyl (C=O) groups excluding carboxylic acids is 2. The van der Waals surface area contributed by atoms with Gasteiger partial charge in [-0.2, -0.15) is 10.1 Å². The number of hydrogen-bond donors (Lipinski definition) is 0. The molecule has 3 heterocycles. The van der Waals surface area contributed by atoms with Crippen molar-refractivity contribution in [3.8, 4) is 0 Å². The van der Waals surface area contributed by atoms with Crippen molar-refractivity contribution in [2.45, 2.75) is 26.8 Å². The third kappa shape index (κ3) is 4.85. The highest BCUT2D eigenvalue weighted by Crippen LogP contribution is 2.38. The van der Waals surface area contributed by atoms with E-state index in [2.05, 4.69) is 15.0 Å². The Bertz CT molecular complexity index is 1340. The van der Waals surface area contributed by atoms with Gasteiger partial charge in [0.1, 0.15) is 24.7 Å². The van der Waals surface area contributed by atoms with Crippen LogP contribution in [0.3, 0.4) is 0 Å². The zero-order valence-electron chi connectivity index (χ0n) is 21.8. The number of fused-ring (bicyclic) bond motifs is 1. The summed E-state index contributed by atoms with van der Waals surface area (Å²) in [5, 5.41) is 4.45. The summed E-state index contributed by atoms with van der Waals surface area (Å²) in [6, 6.07) is 13.8. The minimum absolute atomic E-state index is 0.0185. The predicted molar refractivity (Wildman–Crippen MR) is 141 cm³/mol. The molecule has 0 radical (unpaired) electrons. The summed E-state index contributed by atoms with van der Waals surface area (Å²) < 4.78 is 20.4. The van der Waals surface area contributed by atoms with Gasteiger partial charge >= 0.3 is 5.97 Å². The molecule has 0 N–H and O–H groups in total. The van der Waals surface area contributed by atoms with Crippen LogP contribution in [0.25, 0.3) is 0 Å². The number of aryl methyl sites for hydroxylation is 1. The number of carbonyl (C=O) groups is 2. The third-order valence-electron chi connectivity index (χ3n) is 7.11. The Labute approximate surface area is 221 Å². The predicted octanol–water partition coefficient (Wildman–Crippen LogP) is 3.32. The largest absolute Gasteiger partial charge is 0.463 e. The SMILES string of the molecule is CCOC(=O)C1=C(C)N(CC(=O)N2CCN(c3ccc(F)cc3)CC2)c2ncnn2[C@@H]1c1ccc(C)cc1. The first-order chi connectivity index (χ1) is 18.4. The topological polar surface area (TPSA) is 83.8 Å². The molecule has 2 aromatic carbocycles. The van der Waals surface area contributed by atoms with Crippen LogP contribution < -0.4 is 9.80 Å². The number of ether oxygens (including phenoxy) is 1. The molecule has 10 heteroatoms. The van der Waals surface area contributed by atoms with E-state index in [9.17, 15) is 14.0 Å². The van der Waals surface area contributed by atoms with E-state index in [4.69, 9.17) is 4.74 Å². The molecule has 5 rings (SSSR count). The van der Waals surface area contributed by atoms with E-state index in [1.165, 1.54) is 18.5 Å². The number of aromatic nitrogens is 3. The van der Waals surface area contributed by atoms with Crippen molar-refractivity contribution in [1.82, 2.24) is 19.7 Å². The van der Waals surface area contributed by atoms with Gasteiger partial charge in [0.05, 0.1) is 12.2 Å². The van der Waals surface area contributed by atoms with E-state index in [-0.39, 0.29) is 24.9 Å². The highest BCUT2D eigenvalue weighted by Gasteiger charge is 2.39. The van der Waals surface area contributed by atoms with Crippen molar-refractivity contribution in [3.63, 3.8) is 0 Å². The van der Waals surface area contributed by atoms with Gasteiger partial charge in [0.25, 0.3) is 0 Å². The summed E-state index contributed by atoms with van der Waals surface area (Å²) in [5.74, 6) is -0.289. The van der Waals surface area contributed by atoms with Gasteiger partial charge in [0.15, 0.2) is 0 Å². The number of piperazine rings is 1. The number of benzene rings is 2. The molecule has 1 atom stereocenters. The number of nitrogens with zero attached hydrogens (tertiary/aromatic N) is 6. The van der Waals surface area contributed by atoms with Gasteiger partial charge in [0, 0.05) is 37.6 Å². The Morgan fingerprint density at radius 3 is 2.34 bits per heavy atom. The molecule has 38 heavy (non-hydrogen) atoms. The molecular formula is C28H31FN6O3. The van der Waals surface area contributed by atoms with Crippen molar-refractivity contribution in [2.24, 2.45) is 0 Å². The summed E-state index contributed by atoms with van der Waals surface area (Å²) in [7, 11) is 0. The summed E-state index contributed by atoms with van der Waals surface area (Å²) in [4.78, 5) is 36.8. The average Bonchev–Trinajstić information content (AvgIpc) is 3.41. The lowest BCUT2D eigenvalue weighted by Crippen LogP contribution is -2.52. The quantitative estimate of drug-likeness (QED) is 0.463. The smallest absolute Gasteiger partial charge is 0.338 e. The van der Waals surface area contributed by atoms with Crippen molar-refractivity contribution < 1.29 is 18.7 Å². The van der Waals surface area contributed by atoms with Gasteiger partial charge in [-0.05, 0) is 50.6 Å². The fraction of sp³-hybridized carbons (Fsp3) is 0.357. The molecular weight excluding hydrogens is 487 g/mol. The summed E-state index contributed by atoms with van der Waals surface area (Å²) >= 11 is 0. The second-order valence-electron chi connectivity index (χ2n) is 9.47. The van der Waals surface area contributed by atoms with Crippen LogP contribution in [0.15, 0.2) is 66.1 Å². The number of esters is 1. The zero-order chi connectivity index (χ0) is 26.8. The lowest BCUT2D eigenvalue weighted by Gasteiger charge is -2.39. The normalized spacial score (nSPS) is 17.5. The molecule has 1 fully saturated rings. The van der Waals surface area contributed by atoms with E-state index in [1.54, 1.807) is 28.6 Å². The fourth-order valence-corrected chi connectivity index (χ4v) is 5.05. The van der Waals surface area contributed by atoms with Crippen molar-refractivity contribution in [3.05, 3.63) is 83.1 Å². The molecule has 1 amide bonds. The first-order valence-electron chi connectivity index (χ1n) is 12.8. The maximum Gasteiger partial charge on any atom is 0.338 e. The van der Waals surface area contributed by atoms with Gasteiger partial charge < -0.3 is 19.4 Å². The second-order valence-corrected chi connectivity index (χ2v) is 9.47. The average molecular weight is 519 g/mol. The summed E-state index contributed by atoms with van der Waals surface area (Å²) in [6.07, 6.45) is 1.44. The Kier molecular flexibility index (Phi) is 7.13. The fourth-order valence-electron chi connectivity index (χ4n) is 5.05. The van der Waals surface area contributed by atoms with Crippen molar-refractivity contribution >= 4 is 23.5 Å². The van der Waals surface area contributed by atoms with Crippen LogP contribution in [-0.4, -0.2) is 70.9 Å². The number of hydrogen-bond acceptors (Lipinski definition) is 7. The van der Waals surface area contributed by atoms with Gasteiger partial charge in [-0.25, -0.2) is 13.9 Å². The van der Waals surface area contributed by atoms with Crippen LogP contribution in [0.5, 0.6) is 0 Å². The van der Waals surface area contributed by atoms with Gasteiger partial charge in [-0.15, -0.1) is 0 Å². The first kappa shape index (κ1) is 25.4. The lowest BCUT2D eigenvalue weighted by molar-refractivity contribution is -0.139. The molecule has 0 spiro atoms. The molecule has 0 saturated carbocycles. The van der Waals surface area contributed by atoms with E-state index in [0.717, 1.165) is 16.8 Å². The zero-order valence-corrected chi connectivity index (χ0v) is 21.8. The second kappa shape index (κ2) is 10.6. The van der Waals surface area contributed by atoms with E-state index in [1.807, 2.05) is 43.0 Å². The number of amides is 1. The standard InChI is InChI=1S/C28H31FN6O3/c1-4-38-27(37)25-20(3)34(28-30-18-31-35(28)26(25)21-7-5-19(2)6-8-21)17-24(36)33-15-13-32(14-16-33)23-11-9-22(29)10-12-23/h5-12,18,26H,4,13-17H2,1-3H3/t26-/m1/s1. The minimum atomic E-state index is -0.516. The van der Waals surface area contributed by atoms with Crippen LogP contribution in [0.1, 0.15) is 31.0 Å². The molecule has 3 aromatic rings. The lowest BCUT2D eigenvalue weighted by atomic mass is 9.94. The van der Waals surface area contributed by atoms with Crippen LogP contribution in [0, 0.1) is 12.7 Å². The number of rotatable bonds is 6. The number of allylic oxidation sites excluding steroid dienone is 1. The molecule has 0 unspecified atom stereocenters. The molecule has 1 saturated heterocycles. The van der Waals surface area contributed by atoms with E-state index in [0.29, 0.717) is 43.4 Å². The Balaban J connectivity index is 1.39. The number of halogens is 1. The maximum atomic E-state index is 13.4. The Morgan fingerprint density at radius 2 is 1.68 bits per heavy atom. The Morgan fingerprint density at radius 1 is 1.00 bits per heavy atom. The Hall–Kier alpha value is -4.21. The molecule has 9 nitrogen and oxygen atoms in total. The molecule has 198 valence electrons. The van der Waals surface area contributed by atoms with Crippen LogP contribution in [-0.2, 0) is 14.3 Å². The van der Waals surface area contributed by atoms with Crippen LogP contribution >= 0.6 is 0 Å². The molecule has 1 aromatic heterocycles. The molecule has 2 aliphatic heterocycles. The van der Waals surface area contributed by atoms with Gasteiger partial charge in [-0.1, -0.05) is 29.8 Å². The third-order valence-corrected chi connectivity index (χ3v) is 7.11. The van der Waals surface area contributed by atoms with Gasteiger partial charge in [0.2, 0.25) is 11.9 Å². The summed E-state index contributed by atoms with van der Waals surface area (Å²) in [5.41, 5.74) is 3.97. The van der Waals surface area contributed by atoms with Gasteiger partial charge in [-0.3, -0.25) is 4.79 Å². The molecule has 0 bridgehead atoms. The summed E-state index contributed by atoms with van der Waals surface area (Å²) in [6.45, 7) is 8.22. The van der Waals surface area contributed by atoms with Crippen LogP contribution in [0.2, 0.25) is 0 Å². The molecule has 0 aliphatic carbocycles. The highest BCUT2D eigenvalue weighted by atomic mass is 19.1. The minimum Gasteiger partial charge on any atom is -0.463 e. The monoisotopic (exact) mass is 518 g/mol. The van der Waals surface area contributed by atoms with Crippen molar-refractivity contribution in [2.75, 3.05) is 49.1 Å². The van der Waals surface area contributed by atoms with Crippen LogP contribution in [0.4, 0.5) is 16.0 Å². The van der Waals surface area contributed by atoms with E-state index < -0.39 is 12.0 Å². The molecule has 2 aliphatic rings. The maximum absolute atomic E-state index is 13.4. The van der Waals surface area contributed by atoms with E-state index >= 15 is 0 Å². The first-order valence-corrected chi connectivity index (χ1v) is 12.8. The number of anilines is 2. The highest BCUT2D eigenvalue weighted by molar-refractivity contribution is 5.93.